The van der Waals surface area contributed by atoms with Crippen molar-refractivity contribution in [1.29, 1.82) is 0 Å². The standard InChI is InChI=1S/C16H17ClN2O4S/c1-10-8-14(15(23-3)9-13(10)17)19-16(20)11-4-6-12(7-5-11)24(21,22)18-2/h4-9,18H,1-3H3,(H,19,20). The Hall–Kier alpha value is -2.09. The van der Waals surface area contributed by atoms with E-state index >= 15 is 0 Å². The van der Waals surface area contributed by atoms with Crippen molar-refractivity contribution in [3.63, 3.8) is 0 Å². The molecule has 0 unspecified atom stereocenters. The van der Waals surface area contributed by atoms with Gasteiger partial charge in [0.2, 0.25) is 10.0 Å². The van der Waals surface area contributed by atoms with E-state index in [2.05, 4.69) is 10.0 Å². The summed E-state index contributed by atoms with van der Waals surface area (Å²) in [6.45, 7) is 1.81. The van der Waals surface area contributed by atoms with Crippen molar-refractivity contribution >= 4 is 33.2 Å². The number of amides is 1. The van der Waals surface area contributed by atoms with Crippen molar-refractivity contribution in [3.8, 4) is 5.75 Å². The second-order valence-electron chi connectivity index (χ2n) is 4.99. The van der Waals surface area contributed by atoms with Gasteiger partial charge in [-0.2, -0.15) is 0 Å². The Labute approximate surface area is 145 Å². The summed E-state index contributed by atoms with van der Waals surface area (Å²) >= 11 is 6.04. The summed E-state index contributed by atoms with van der Waals surface area (Å²) in [4.78, 5) is 12.4. The van der Waals surface area contributed by atoms with Gasteiger partial charge in [0.15, 0.2) is 0 Å². The van der Waals surface area contributed by atoms with Gasteiger partial charge in [-0.1, -0.05) is 11.6 Å². The van der Waals surface area contributed by atoms with Gasteiger partial charge in [-0.25, -0.2) is 13.1 Å². The molecule has 2 N–H and O–H groups in total. The fourth-order valence-corrected chi connectivity index (χ4v) is 2.91. The zero-order valence-electron chi connectivity index (χ0n) is 13.4. The Morgan fingerprint density at radius 1 is 1.17 bits per heavy atom. The molecular weight excluding hydrogens is 352 g/mol. The quantitative estimate of drug-likeness (QED) is 0.849. The van der Waals surface area contributed by atoms with E-state index in [-0.39, 0.29) is 10.8 Å². The number of sulfonamides is 1. The molecule has 0 atom stereocenters. The van der Waals surface area contributed by atoms with E-state index < -0.39 is 10.0 Å². The van der Waals surface area contributed by atoms with Crippen LogP contribution in [0.3, 0.4) is 0 Å². The fraction of sp³-hybridized carbons (Fsp3) is 0.188. The number of carbonyl (C=O) groups excluding carboxylic acids is 1. The molecule has 0 aromatic heterocycles. The molecule has 0 heterocycles. The maximum atomic E-state index is 12.3. The van der Waals surface area contributed by atoms with Crippen molar-refractivity contribution in [1.82, 2.24) is 4.72 Å². The van der Waals surface area contributed by atoms with Gasteiger partial charge in [0.1, 0.15) is 5.75 Å². The largest absolute Gasteiger partial charge is 0.495 e. The molecule has 0 bridgehead atoms. The fourth-order valence-electron chi connectivity index (χ4n) is 2.03. The SMILES string of the molecule is CNS(=O)(=O)c1ccc(C(=O)Nc2cc(C)c(Cl)cc2OC)cc1. The molecule has 8 heteroatoms. The number of hydrogen-bond donors (Lipinski definition) is 2. The van der Waals surface area contributed by atoms with Crippen LogP contribution in [-0.2, 0) is 10.0 Å². The first-order valence-corrected chi connectivity index (χ1v) is 8.83. The van der Waals surface area contributed by atoms with Gasteiger partial charge in [-0.15, -0.1) is 0 Å². The highest BCUT2D eigenvalue weighted by atomic mass is 35.5. The highest BCUT2D eigenvalue weighted by Crippen LogP contribution is 2.31. The van der Waals surface area contributed by atoms with Crippen LogP contribution in [0.2, 0.25) is 5.02 Å². The van der Waals surface area contributed by atoms with E-state index in [1.165, 1.54) is 38.4 Å². The Kier molecular flexibility index (Phi) is 5.48. The first kappa shape index (κ1) is 18.3. The molecule has 0 aliphatic rings. The number of rotatable bonds is 5. The van der Waals surface area contributed by atoms with Crippen molar-refractivity contribution in [2.75, 3.05) is 19.5 Å². The van der Waals surface area contributed by atoms with E-state index in [0.717, 1.165) is 5.56 Å². The molecule has 0 radical (unpaired) electrons. The summed E-state index contributed by atoms with van der Waals surface area (Å²) in [5.41, 5.74) is 1.60. The number of anilines is 1. The van der Waals surface area contributed by atoms with Crippen LogP contribution in [-0.4, -0.2) is 28.5 Å². The molecular formula is C16H17ClN2O4S. The minimum atomic E-state index is -3.54. The number of nitrogens with one attached hydrogen (secondary N) is 2. The second kappa shape index (κ2) is 7.21. The summed E-state index contributed by atoms with van der Waals surface area (Å²) in [5.74, 6) is 0.0526. The predicted octanol–water partition coefficient (Wildman–Crippen LogP) is 2.82. The lowest BCUT2D eigenvalue weighted by atomic mass is 10.1. The zero-order chi connectivity index (χ0) is 17.9. The third kappa shape index (κ3) is 3.87. The normalized spacial score (nSPS) is 11.2. The minimum Gasteiger partial charge on any atom is -0.495 e. The van der Waals surface area contributed by atoms with Crippen LogP contribution in [0.25, 0.3) is 0 Å². The van der Waals surface area contributed by atoms with Crippen LogP contribution in [0.4, 0.5) is 5.69 Å². The summed E-state index contributed by atoms with van der Waals surface area (Å²) in [7, 11) is -0.732. The molecule has 1 amide bonds. The number of methoxy groups -OCH3 is 1. The molecule has 0 spiro atoms. The van der Waals surface area contributed by atoms with E-state index in [0.29, 0.717) is 22.0 Å². The minimum absolute atomic E-state index is 0.0847. The predicted molar refractivity (Wildman–Crippen MR) is 93.4 cm³/mol. The third-order valence-electron chi connectivity index (χ3n) is 3.42. The van der Waals surface area contributed by atoms with Gasteiger partial charge in [0.25, 0.3) is 5.91 Å². The molecule has 2 aromatic rings. The molecule has 0 aliphatic carbocycles. The number of halogens is 1. The first-order valence-electron chi connectivity index (χ1n) is 6.97. The third-order valence-corrected chi connectivity index (χ3v) is 5.26. The molecule has 2 aromatic carbocycles. The molecule has 0 fully saturated rings. The zero-order valence-corrected chi connectivity index (χ0v) is 15.0. The number of benzene rings is 2. The van der Waals surface area contributed by atoms with Crippen molar-refractivity contribution in [3.05, 3.63) is 52.5 Å². The van der Waals surface area contributed by atoms with Gasteiger partial charge in [0, 0.05) is 16.7 Å². The highest BCUT2D eigenvalue weighted by molar-refractivity contribution is 7.89. The Bertz CT molecular complexity index is 864. The van der Waals surface area contributed by atoms with Crippen molar-refractivity contribution < 1.29 is 17.9 Å². The van der Waals surface area contributed by atoms with E-state index in [1.54, 1.807) is 12.1 Å². The Morgan fingerprint density at radius 2 is 1.79 bits per heavy atom. The summed E-state index contributed by atoms with van der Waals surface area (Å²) < 4.78 is 30.8. The average Bonchev–Trinajstić information content (AvgIpc) is 2.58. The molecule has 0 aliphatic heterocycles. The van der Waals surface area contributed by atoms with E-state index in [4.69, 9.17) is 16.3 Å². The van der Waals surface area contributed by atoms with Gasteiger partial charge < -0.3 is 10.1 Å². The van der Waals surface area contributed by atoms with Crippen LogP contribution in [0.1, 0.15) is 15.9 Å². The van der Waals surface area contributed by atoms with Crippen molar-refractivity contribution in [2.45, 2.75) is 11.8 Å². The summed E-state index contributed by atoms with van der Waals surface area (Å²) in [6, 6.07) is 8.94. The van der Waals surface area contributed by atoms with E-state index in [9.17, 15) is 13.2 Å². The molecule has 6 nitrogen and oxygen atoms in total. The van der Waals surface area contributed by atoms with Crippen LogP contribution >= 0.6 is 11.6 Å². The maximum Gasteiger partial charge on any atom is 0.255 e. The monoisotopic (exact) mass is 368 g/mol. The molecule has 24 heavy (non-hydrogen) atoms. The first-order chi connectivity index (χ1) is 11.3. The van der Waals surface area contributed by atoms with Crippen LogP contribution in [0, 0.1) is 6.92 Å². The van der Waals surface area contributed by atoms with Crippen LogP contribution in [0.15, 0.2) is 41.3 Å². The Morgan fingerprint density at radius 3 is 2.33 bits per heavy atom. The molecule has 2 rings (SSSR count). The number of hydrogen-bond acceptors (Lipinski definition) is 4. The smallest absolute Gasteiger partial charge is 0.255 e. The second-order valence-corrected chi connectivity index (χ2v) is 7.28. The van der Waals surface area contributed by atoms with E-state index in [1.807, 2.05) is 6.92 Å². The van der Waals surface area contributed by atoms with Crippen LogP contribution < -0.4 is 14.8 Å². The topological polar surface area (TPSA) is 84.5 Å². The Balaban J connectivity index is 2.26. The summed E-state index contributed by atoms with van der Waals surface area (Å²) in [5, 5.41) is 3.26. The lowest BCUT2D eigenvalue weighted by molar-refractivity contribution is 0.102. The van der Waals surface area contributed by atoms with Gasteiger partial charge in [0.05, 0.1) is 17.7 Å². The molecule has 0 saturated heterocycles. The average molecular weight is 369 g/mol. The summed E-state index contributed by atoms with van der Waals surface area (Å²) in [6.07, 6.45) is 0. The van der Waals surface area contributed by atoms with Gasteiger partial charge in [-0.05, 0) is 49.9 Å². The number of aryl methyl sites for hydroxylation is 1. The maximum absolute atomic E-state index is 12.3. The van der Waals surface area contributed by atoms with Gasteiger partial charge >= 0.3 is 0 Å². The number of ether oxygens (including phenoxy) is 1. The number of carbonyl (C=O) groups is 1. The molecule has 128 valence electrons. The highest BCUT2D eigenvalue weighted by Gasteiger charge is 2.14. The van der Waals surface area contributed by atoms with Crippen molar-refractivity contribution in [2.24, 2.45) is 0 Å². The molecule has 0 saturated carbocycles. The van der Waals surface area contributed by atoms with Crippen LogP contribution in [0.5, 0.6) is 5.75 Å². The lowest BCUT2D eigenvalue weighted by Gasteiger charge is -2.12. The van der Waals surface area contributed by atoms with Gasteiger partial charge in [-0.3, -0.25) is 4.79 Å². The lowest BCUT2D eigenvalue weighted by Crippen LogP contribution is -2.19.